The van der Waals surface area contributed by atoms with E-state index in [1.807, 2.05) is 0 Å². The molecule has 468 valence electrons. The summed E-state index contributed by atoms with van der Waals surface area (Å²) in [6.07, 6.45) is 33.9. The van der Waals surface area contributed by atoms with Crippen molar-refractivity contribution in [1.29, 1.82) is 0 Å². The fraction of sp³-hybridized carbons (Fsp3) is 0.933. The molecule has 19 heteroatoms. The van der Waals surface area contributed by atoms with Crippen LogP contribution in [0.1, 0.15) is 292 Å². The number of aliphatic hydroxyl groups is 1. The number of phosphoric acid groups is 2. The highest BCUT2D eigenvalue weighted by atomic mass is 31.2. The molecule has 0 aliphatic rings. The lowest BCUT2D eigenvalue weighted by Gasteiger charge is -2.21. The van der Waals surface area contributed by atoms with Crippen molar-refractivity contribution in [3.63, 3.8) is 0 Å². The van der Waals surface area contributed by atoms with Crippen LogP contribution in [0.25, 0.3) is 0 Å². The topological polar surface area (TPSA) is 237 Å². The van der Waals surface area contributed by atoms with E-state index in [1.54, 1.807) is 0 Å². The molecule has 0 fully saturated rings. The number of ether oxygens (including phenoxy) is 4. The maximum absolute atomic E-state index is 12.9. The summed E-state index contributed by atoms with van der Waals surface area (Å²) in [7, 11) is -9.87. The van der Waals surface area contributed by atoms with Gasteiger partial charge < -0.3 is 33.8 Å². The van der Waals surface area contributed by atoms with Crippen LogP contribution in [-0.4, -0.2) is 96.7 Å². The molecule has 0 aliphatic heterocycles. The first kappa shape index (κ1) is 77.1. The first-order valence-electron chi connectivity index (χ1n) is 31.5. The van der Waals surface area contributed by atoms with Crippen LogP contribution in [0.2, 0.25) is 0 Å². The number of aliphatic hydroxyl groups excluding tert-OH is 1. The molecule has 3 N–H and O–H groups in total. The van der Waals surface area contributed by atoms with Gasteiger partial charge in [-0.05, 0) is 37.5 Å². The summed E-state index contributed by atoms with van der Waals surface area (Å²) in [5, 5.41) is 10.5. The second-order valence-corrected chi connectivity index (χ2v) is 25.4. The van der Waals surface area contributed by atoms with Crippen LogP contribution < -0.4 is 0 Å². The van der Waals surface area contributed by atoms with E-state index < -0.39 is 97.5 Å². The number of carbonyl (C=O) groups excluding carboxylic acids is 4. The van der Waals surface area contributed by atoms with Crippen molar-refractivity contribution >= 4 is 39.5 Å². The summed E-state index contributed by atoms with van der Waals surface area (Å²) in [6.45, 7) is 9.34. The van der Waals surface area contributed by atoms with E-state index >= 15 is 0 Å². The Morgan fingerprint density at radius 3 is 0.962 bits per heavy atom. The Morgan fingerprint density at radius 2 is 0.646 bits per heavy atom. The standard InChI is InChI=1S/C60H116O17P2/c1-7-10-12-14-23-32-38-44-59(64)76-55(48-70-57(62)42-36-28-13-11-8-2)50-74-78(66,67)72-46-54(61)47-73-79(68,69)75-51-56(49-71-58(63)43-37-31-26-22-21-25-30-35-41-53(6)9-3)77-60(65)45-39-33-27-20-18-16-15-17-19-24-29-34-40-52(4)5/h52-56,61H,7-51H2,1-6H3,(H,66,67)(H,68,69)/t53?,54-,55+,56+/m0/s1. The Morgan fingerprint density at radius 1 is 0.367 bits per heavy atom. The van der Waals surface area contributed by atoms with Crippen LogP contribution in [0, 0.1) is 11.8 Å². The van der Waals surface area contributed by atoms with Gasteiger partial charge in [-0.2, -0.15) is 0 Å². The predicted molar refractivity (Wildman–Crippen MR) is 312 cm³/mol. The van der Waals surface area contributed by atoms with Gasteiger partial charge in [0.1, 0.15) is 19.3 Å². The summed E-state index contributed by atoms with van der Waals surface area (Å²) in [5.74, 6) is -0.600. The molecule has 0 aliphatic carbocycles. The first-order chi connectivity index (χ1) is 37.9. The molecule has 79 heavy (non-hydrogen) atoms. The lowest BCUT2D eigenvalue weighted by molar-refractivity contribution is -0.161. The largest absolute Gasteiger partial charge is 0.472 e. The fourth-order valence-electron chi connectivity index (χ4n) is 8.79. The Balaban J connectivity index is 5.17. The molecule has 0 saturated carbocycles. The van der Waals surface area contributed by atoms with Gasteiger partial charge in [-0.15, -0.1) is 0 Å². The van der Waals surface area contributed by atoms with Crippen molar-refractivity contribution in [2.75, 3.05) is 39.6 Å². The van der Waals surface area contributed by atoms with Crippen molar-refractivity contribution < 1.29 is 80.2 Å². The van der Waals surface area contributed by atoms with Gasteiger partial charge >= 0.3 is 39.5 Å². The van der Waals surface area contributed by atoms with Gasteiger partial charge in [-0.1, -0.05) is 241 Å². The smallest absolute Gasteiger partial charge is 0.462 e. The zero-order valence-electron chi connectivity index (χ0n) is 50.7. The molecular formula is C60H116O17P2. The van der Waals surface area contributed by atoms with Crippen molar-refractivity contribution in [2.24, 2.45) is 11.8 Å². The maximum atomic E-state index is 12.9. The van der Waals surface area contributed by atoms with Crippen LogP contribution in [0.15, 0.2) is 0 Å². The minimum absolute atomic E-state index is 0.102. The molecule has 3 unspecified atom stereocenters. The van der Waals surface area contributed by atoms with Gasteiger partial charge in [0.05, 0.1) is 26.4 Å². The second kappa shape index (κ2) is 52.8. The van der Waals surface area contributed by atoms with Gasteiger partial charge in [0.15, 0.2) is 12.2 Å². The van der Waals surface area contributed by atoms with Crippen molar-refractivity contribution in [1.82, 2.24) is 0 Å². The summed E-state index contributed by atoms with van der Waals surface area (Å²) >= 11 is 0. The monoisotopic (exact) mass is 1170 g/mol. The summed E-state index contributed by atoms with van der Waals surface area (Å²) in [5.41, 5.74) is 0. The van der Waals surface area contributed by atoms with E-state index in [-0.39, 0.29) is 25.7 Å². The molecule has 0 spiro atoms. The van der Waals surface area contributed by atoms with Crippen LogP contribution >= 0.6 is 15.6 Å². The number of esters is 4. The third kappa shape index (κ3) is 53.8. The lowest BCUT2D eigenvalue weighted by atomic mass is 9.99. The van der Waals surface area contributed by atoms with Gasteiger partial charge in [0.25, 0.3) is 0 Å². The Hall–Kier alpha value is -1.94. The van der Waals surface area contributed by atoms with Crippen LogP contribution in [0.3, 0.4) is 0 Å². The SMILES string of the molecule is CCCCCCCCCC(=O)O[C@H](COC(=O)CCCCCCC)COP(=O)(O)OC[C@H](O)COP(=O)(O)OC[C@@H](COC(=O)CCCCCCCCCCC(C)CC)OC(=O)CCCCCCCCCCCCCCC(C)C. The zero-order chi connectivity index (χ0) is 58.7. The second-order valence-electron chi connectivity index (χ2n) is 22.5. The molecule has 0 rings (SSSR count). The third-order valence-corrected chi connectivity index (χ3v) is 16.0. The maximum Gasteiger partial charge on any atom is 0.472 e. The van der Waals surface area contributed by atoms with Crippen molar-refractivity contribution in [3.8, 4) is 0 Å². The van der Waals surface area contributed by atoms with E-state index in [4.69, 9.17) is 37.0 Å². The van der Waals surface area contributed by atoms with Crippen molar-refractivity contribution in [2.45, 2.75) is 310 Å². The molecule has 0 aromatic rings. The van der Waals surface area contributed by atoms with Crippen LogP contribution in [-0.2, 0) is 65.4 Å². The van der Waals surface area contributed by atoms with E-state index in [2.05, 4.69) is 41.5 Å². The number of unbranched alkanes of at least 4 members (excludes halogenated alkanes) is 28. The minimum Gasteiger partial charge on any atom is -0.462 e. The van der Waals surface area contributed by atoms with Crippen LogP contribution in [0.4, 0.5) is 0 Å². The third-order valence-electron chi connectivity index (χ3n) is 14.1. The lowest BCUT2D eigenvalue weighted by Crippen LogP contribution is -2.30. The minimum atomic E-state index is -4.94. The van der Waals surface area contributed by atoms with Crippen LogP contribution in [0.5, 0.6) is 0 Å². The molecule has 0 saturated heterocycles. The Labute approximate surface area is 479 Å². The van der Waals surface area contributed by atoms with E-state index in [0.29, 0.717) is 25.7 Å². The highest BCUT2D eigenvalue weighted by Crippen LogP contribution is 2.45. The quantitative estimate of drug-likeness (QED) is 0.0222. The average molecular weight is 1170 g/mol. The van der Waals surface area contributed by atoms with E-state index in [1.165, 1.54) is 89.9 Å². The molecule has 0 bridgehead atoms. The molecule has 17 nitrogen and oxygen atoms in total. The molecule has 0 heterocycles. The fourth-order valence-corrected chi connectivity index (χ4v) is 10.4. The molecule has 0 aromatic heterocycles. The number of phosphoric ester groups is 2. The molecule has 6 atom stereocenters. The first-order valence-corrected chi connectivity index (χ1v) is 34.5. The van der Waals surface area contributed by atoms with Crippen molar-refractivity contribution in [3.05, 3.63) is 0 Å². The van der Waals surface area contributed by atoms with Gasteiger partial charge in [-0.3, -0.25) is 37.3 Å². The van der Waals surface area contributed by atoms with Gasteiger partial charge in [0.2, 0.25) is 0 Å². The number of hydrogen-bond donors (Lipinski definition) is 3. The molecular weight excluding hydrogens is 1050 g/mol. The highest BCUT2D eigenvalue weighted by molar-refractivity contribution is 7.47. The van der Waals surface area contributed by atoms with Gasteiger partial charge in [0, 0.05) is 25.7 Å². The molecule has 0 radical (unpaired) electrons. The Kier molecular flexibility index (Phi) is 51.5. The summed E-state index contributed by atoms with van der Waals surface area (Å²) in [6, 6.07) is 0. The summed E-state index contributed by atoms with van der Waals surface area (Å²) < 4.78 is 67.5. The highest BCUT2D eigenvalue weighted by Gasteiger charge is 2.30. The zero-order valence-corrected chi connectivity index (χ0v) is 52.4. The molecule has 0 aromatic carbocycles. The summed E-state index contributed by atoms with van der Waals surface area (Å²) in [4.78, 5) is 71.7. The van der Waals surface area contributed by atoms with E-state index in [0.717, 1.165) is 121 Å². The number of rotatable bonds is 59. The molecule has 0 amide bonds. The van der Waals surface area contributed by atoms with Gasteiger partial charge in [-0.25, -0.2) is 9.13 Å². The van der Waals surface area contributed by atoms with E-state index in [9.17, 15) is 43.2 Å². The Bertz CT molecular complexity index is 1570. The normalized spacial score (nSPS) is 14.8. The predicted octanol–water partition coefficient (Wildman–Crippen LogP) is 16.1. The number of hydrogen-bond acceptors (Lipinski definition) is 15. The average Bonchev–Trinajstić information content (AvgIpc) is 3.41. The number of carbonyl (C=O) groups is 4.